The Hall–Kier alpha value is -2.48. The van der Waals surface area contributed by atoms with Crippen LogP contribution in [0.15, 0.2) is 35.4 Å². The predicted molar refractivity (Wildman–Crippen MR) is 76.3 cm³/mol. The van der Waals surface area contributed by atoms with Gasteiger partial charge in [-0.15, -0.1) is 0 Å². The average Bonchev–Trinajstić information content (AvgIpc) is 2.89. The van der Waals surface area contributed by atoms with Gasteiger partial charge in [-0.05, 0) is 30.7 Å². The van der Waals surface area contributed by atoms with Gasteiger partial charge in [0.15, 0.2) is 0 Å². The molecule has 0 saturated carbocycles. The quantitative estimate of drug-likeness (QED) is 0.780. The summed E-state index contributed by atoms with van der Waals surface area (Å²) in [6.07, 6.45) is 1.12. The Morgan fingerprint density at radius 2 is 2.05 bits per heavy atom. The predicted octanol–water partition coefficient (Wildman–Crippen LogP) is 1.83. The topological polar surface area (TPSA) is 108 Å². The lowest BCUT2D eigenvalue weighted by atomic mass is 10.2. The lowest BCUT2D eigenvalue weighted by molar-refractivity contribution is 0.0691. The number of carboxylic acids is 1. The lowest BCUT2D eigenvalue weighted by Crippen LogP contribution is -2.13. The van der Waals surface area contributed by atoms with E-state index in [-0.39, 0.29) is 16.3 Å². The van der Waals surface area contributed by atoms with Crippen molar-refractivity contribution in [3.63, 3.8) is 0 Å². The maximum atomic E-state index is 12.2. The number of benzene rings is 1. The van der Waals surface area contributed by atoms with Crippen LogP contribution in [0.3, 0.4) is 0 Å². The Kier molecular flexibility index (Phi) is 3.90. The second-order valence-corrected chi connectivity index (χ2v) is 6.05. The molecular weight excluding hydrogens is 296 g/mol. The van der Waals surface area contributed by atoms with Crippen molar-refractivity contribution >= 4 is 21.7 Å². The number of sulfonamides is 1. The molecule has 0 bridgehead atoms. The first-order valence-electron chi connectivity index (χ1n) is 5.92. The summed E-state index contributed by atoms with van der Waals surface area (Å²) >= 11 is 0. The highest BCUT2D eigenvalue weighted by molar-refractivity contribution is 7.92. The first kappa shape index (κ1) is 14.9. The number of methoxy groups -OCH3 is 1. The highest BCUT2D eigenvalue weighted by Gasteiger charge is 2.20. The van der Waals surface area contributed by atoms with Crippen molar-refractivity contribution in [1.29, 1.82) is 0 Å². The van der Waals surface area contributed by atoms with Crippen molar-refractivity contribution in [2.75, 3.05) is 11.8 Å². The van der Waals surface area contributed by atoms with Crippen LogP contribution in [-0.2, 0) is 10.0 Å². The van der Waals surface area contributed by atoms with E-state index < -0.39 is 16.0 Å². The molecule has 2 aromatic rings. The molecule has 0 fully saturated rings. The first-order valence-corrected chi connectivity index (χ1v) is 7.41. The number of anilines is 1. The maximum Gasteiger partial charge on any atom is 0.352 e. The van der Waals surface area contributed by atoms with E-state index in [0.29, 0.717) is 5.75 Å². The summed E-state index contributed by atoms with van der Waals surface area (Å²) in [5.41, 5.74) is 0.941. The second kappa shape index (κ2) is 5.49. The fraction of sp³-hybridized carbons (Fsp3) is 0.154. The molecule has 0 saturated heterocycles. The molecule has 0 unspecified atom stereocenters. The van der Waals surface area contributed by atoms with Crippen LogP contribution in [0.4, 0.5) is 5.69 Å². The molecule has 2 rings (SSSR count). The monoisotopic (exact) mass is 310 g/mol. The standard InChI is InChI=1S/C13H14N2O5S/c1-8-3-4-12(20-2)10(5-8)15-21(18,19)9-6-11(13(16)17)14-7-9/h3-7,14-15H,1-2H3,(H,16,17). The normalized spacial score (nSPS) is 11.1. The second-order valence-electron chi connectivity index (χ2n) is 4.36. The number of ether oxygens (including phenoxy) is 1. The zero-order valence-electron chi connectivity index (χ0n) is 11.4. The van der Waals surface area contributed by atoms with Crippen LogP contribution in [0.25, 0.3) is 0 Å². The molecule has 112 valence electrons. The van der Waals surface area contributed by atoms with E-state index in [1.165, 1.54) is 7.11 Å². The van der Waals surface area contributed by atoms with Crippen LogP contribution in [-0.4, -0.2) is 31.6 Å². The number of hydrogen-bond donors (Lipinski definition) is 3. The number of aromatic nitrogens is 1. The van der Waals surface area contributed by atoms with Gasteiger partial charge in [-0.3, -0.25) is 4.72 Å². The van der Waals surface area contributed by atoms with E-state index in [2.05, 4.69) is 9.71 Å². The van der Waals surface area contributed by atoms with E-state index in [4.69, 9.17) is 9.84 Å². The number of H-pyrrole nitrogens is 1. The van der Waals surface area contributed by atoms with Crippen molar-refractivity contribution in [3.8, 4) is 5.75 Å². The van der Waals surface area contributed by atoms with Crippen molar-refractivity contribution in [2.45, 2.75) is 11.8 Å². The van der Waals surface area contributed by atoms with Gasteiger partial charge in [0, 0.05) is 6.20 Å². The molecule has 1 aromatic carbocycles. The number of carboxylic acid groups (broad SMARTS) is 1. The largest absolute Gasteiger partial charge is 0.495 e. The average molecular weight is 310 g/mol. The van der Waals surface area contributed by atoms with E-state index in [0.717, 1.165) is 17.8 Å². The highest BCUT2D eigenvalue weighted by atomic mass is 32.2. The Balaban J connectivity index is 2.37. The van der Waals surface area contributed by atoms with E-state index in [1.807, 2.05) is 6.92 Å². The fourth-order valence-electron chi connectivity index (χ4n) is 1.76. The van der Waals surface area contributed by atoms with Gasteiger partial charge in [-0.1, -0.05) is 6.07 Å². The van der Waals surface area contributed by atoms with Crippen molar-refractivity contribution in [2.24, 2.45) is 0 Å². The van der Waals surface area contributed by atoms with Crippen LogP contribution in [0, 0.1) is 6.92 Å². The van der Waals surface area contributed by atoms with Crippen LogP contribution >= 0.6 is 0 Å². The van der Waals surface area contributed by atoms with Crippen molar-refractivity contribution in [3.05, 3.63) is 41.7 Å². The van der Waals surface area contributed by atoms with Crippen LogP contribution in [0.1, 0.15) is 16.1 Å². The third-order valence-corrected chi connectivity index (χ3v) is 4.14. The summed E-state index contributed by atoms with van der Waals surface area (Å²) in [7, 11) is -2.47. The number of hydrogen-bond acceptors (Lipinski definition) is 4. The Labute approximate surface area is 121 Å². The summed E-state index contributed by atoms with van der Waals surface area (Å²) in [4.78, 5) is 13.0. The van der Waals surface area contributed by atoms with Gasteiger partial charge in [0.1, 0.15) is 16.3 Å². The first-order chi connectivity index (χ1) is 9.83. The molecule has 7 nitrogen and oxygen atoms in total. The molecule has 8 heteroatoms. The minimum atomic E-state index is -3.90. The summed E-state index contributed by atoms with van der Waals surface area (Å²) < 4.78 is 32.0. The molecule has 0 aliphatic carbocycles. The van der Waals surface area contributed by atoms with Gasteiger partial charge >= 0.3 is 5.97 Å². The summed E-state index contributed by atoms with van der Waals surface area (Å²) in [6.45, 7) is 1.82. The molecule has 3 N–H and O–H groups in total. The summed E-state index contributed by atoms with van der Waals surface area (Å²) in [5.74, 6) is -0.859. The zero-order chi connectivity index (χ0) is 15.6. The van der Waals surface area contributed by atoms with E-state index in [1.54, 1.807) is 18.2 Å². The molecule has 1 heterocycles. The lowest BCUT2D eigenvalue weighted by Gasteiger charge is -2.11. The number of nitrogens with one attached hydrogen (secondary N) is 2. The molecule has 0 aliphatic rings. The molecule has 0 aliphatic heterocycles. The SMILES string of the molecule is COc1ccc(C)cc1NS(=O)(=O)c1c[nH]c(C(=O)O)c1. The van der Waals surface area contributed by atoms with Gasteiger partial charge in [0.05, 0.1) is 12.8 Å². The molecule has 0 radical (unpaired) electrons. The van der Waals surface area contributed by atoms with Gasteiger partial charge in [0.25, 0.3) is 10.0 Å². The molecular formula is C13H14N2O5S. The summed E-state index contributed by atoms with van der Waals surface area (Å²) in [5, 5.41) is 8.81. The third kappa shape index (κ3) is 3.16. The van der Waals surface area contributed by atoms with Crippen molar-refractivity contribution in [1.82, 2.24) is 4.98 Å². The number of rotatable bonds is 5. The highest BCUT2D eigenvalue weighted by Crippen LogP contribution is 2.27. The number of aryl methyl sites for hydroxylation is 1. The van der Waals surface area contributed by atoms with Gasteiger partial charge in [-0.25, -0.2) is 13.2 Å². The van der Waals surface area contributed by atoms with E-state index >= 15 is 0 Å². The fourth-order valence-corrected chi connectivity index (χ4v) is 2.81. The third-order valence-electron chi connectivity index (χ3n) is 2.80. The zero-order valence-corrected chi connectivity index (χ0v) is 12.2. The molecule has 0 spiro atoms. The minimum absolute atomic E-state index is 0.163. The molecule has 21 heavy (non-hydrogen) atoms. The smallest absolute Gasteiger partial charge is 0.352 e. The van der Waals surface area contributed by atoms with Gasteiger partial charge in [-0.2, -0.15) is 0 Å². The Morgan fingerprint density at radius 1 is 1.33 bits per heavy atom. The maximum absolute atomic E-state index is 12.2. The van der Waals surface area contributed by atoms with E-state index in [9.17, 15) is 13.2 Å². The minimum Gasteiger partial charge on any atom is -0.495 e. The van der Waals surface area contributed by atoms with Gasteiger partial charge < -0.3 is 14.8 Å². The van der Waals surface area contributed by atoms with Crippen molar-refractivity contribution < 1.29 is 23.1 Å². The Bertz CT molecular complexity index is 780. The number of aromatic carboxylic acids is 1. The summed E-state index contributed by atoms with van der Waals surface area (Å²) in [6, 6.07) is 6.11. The number of aromatic amines is 1. The van der Waals surface area contributed by atoms with Crippen LogP contribution in [0.5, 0.6) is 5.75 Å². The van der Waals surface area contributed by atoms with Crippen LogP contribution < -0.4 is 9.46 Å². The molecule has 0 atom stereocenters. The Morgan fingerprint density at radius 3 is 2.62 bits per heavy atom. The van der Waals surface area contributed by atoms with Crippen LogP contribution in [0.2, 0.25) is 0 Å². The molecule has 1 aromatic heterocycles. The van der Waals surface area contributed by atoms with Gasteiger partial charge in [0.2, 0.25) is 0 Å². The molecule has 0 amide bonds. The number of carbonyl (C=O) groups is 1.